The molecule has 1 aromatic carbocycles. The molecule has 4 heterocycles. The Morgan fingerprint density at radius 3 is 2.24 bits per heavy atom. The number of thioether (sulfide) groups is 1. The van der Waals surface area contributed by atoms with E-state index in [1.807, 2.05) is 6.07 Å². The van der Waals surface area contributed by atoms with Crippen LogP contribution in [0.4, 0.5) is 15.9 Å². The molecule has 0 atom stereocenters. The number of benzene rings is 1. The van der Waals surface area contributed by atoms with Crippen molar-refractivity contribution < 1.29 is 19.1 Å². The summed E-state index contributed by atoms with van der Waals surface area (Å²) in [6, 6.07) is 11.9. The molecular formula is C33H38FN5O4S2. The number of fused-ring (bicyclic) bond motifs is 1. The van der Waals surface area contributed by atoms with Gasteiger partial charge < -0.3 is 14.9 Å². The lowest BCUT2D eigenvalue weighted by Crippen LogP contribution is -2.47. The van der Waals surface area contributed by atoms with E-state index in [1.54, 1.807) is 41.4 Å². The van der Waals surface area contributed by atoms with Gasteiger partial charge in [-0.05, 0) is 55.3 Å². The summed E-state index contributed by atoms with van der Waals surface area (Å²) in [6.45, 7) is 3.10. The van der Waals surface area contributed by atoms with E-state index >= 15 is 0 Å². The molecule has 2 fully saturated rings. The number of hydrogen-bond donors (Lipinski definition) is 1. The maximum atomic E-state index is 13.8. The number of carboxylic acid groups (broad SMARTS) is 1. The van der Waals surface area contributed by atoms with Crippen molar-refractivity contribution in [1.82, 2.24) is 14.3 Å². The van der Waals surface area contributed by atoms with Crippen LogP contribution < -0.4 is 15.4 Å². The van der Waals surface area contributed by atoms with E-state index in [-0.39, 0.29) is 23.7 Å². The van der Waals surface area contributed by atoms with Gasteiger partial charge in [-0.1, -0.05) is 68.6 Å². The predicted molar refractivity (Wildman–Crippen MR) is 181 cm³/mol. The molecule has 0 aliphatic carbocycles. The third-order valence-corrected chi connectivity index (χ3v) is 9.57. The van der Waals surface area contributed by atoms with Crippen LogP contribution in [0.2, 0.25) is 0 Å². The van der Waals surface area contributed by atoms with E-state index in [0.29, 0.717) is 59.0 Å². The number of anilines is 2. The molecule has 5 rings (SSSR count). The fourth-order valence-electron chi connectivity index (χ4n) is 5.72. The molecule has 45 heavy (non-hydrogen) atoms. The smallest absolute Gasteiger partial charge is 0.303 e. The molecule has 238 valence electrons. The van der Waals surface area contributed by atoms with Gasteiger partial charge in [-0.25, -0.2) is 9.37 Å². The average Bonchev–Trinajstić information content (AvgIpc) is 3.30. The number of halogens is 1. The number of aromatic nitrogens is 2. The maximum Gasteiger partial charge on any atom is 0.303 e. The summed E-state index contributed by atoms with van der Waals surface area (Å²) in [5, 5.41) is 8.72. The van der Waals surface area contributed by atoms with E-state index < -0.39 is 5.97 Å². The van der Waals surface area contributed by atoms with E-state index in [9.17, 15) is 18.8 Å². The Labute approximate surface area is 271 Å². The van der Waals surface area contributed by atoms with Gasteiger partial charge in [-0.15, -0.1) is 0 Å². The van der Waals surface area contributed by atoms with Gasteiger partial charge in [0.25, 0.3) is 11.5 Å². The van der Waals surface area contributed by atoms with Crippen LogP contribution >= 0.6 is 24.0 Å². The van der Waals surface area contributed by atoms with Gasteiger partial charge in [0.1, 0.15) is 21.6 Å². The SMILES string of the molecule is O=C(O)CCCCCCCCCCN1C(=O)/C(=C\c2c(N3CCN(c4ccc(F)cc4)CC3)nc3ccccn3c2=O)SC1=S. The number of carboxylic acids is 1. The highest BCUT2D eigenvalue weighted by molar-refractivity contribution is 8.26. The Morgan fingerprint density at radius 2 is 1.56 bits per heavy atom. The first-order chi connectivity index (χ1) is 21.8. The van der Waals surface area contributed by atoms with Crippen LogP contribution in [0.25, 0.3) is 11.7 Å². The average molecular weight is 652 g/mol. The monoisotopic (exact) mass is 651 g/mol. The quantitative estimate of drug-likeness (QED) is 0.129. The Hall–Kier alpha value is -3.77. The Bertz CT molecular complexity index is 1620. The highest BCUT2D eigenvalue weighted by Crippen LogP contribution is 2.34. The van der Waals surface area contributed by atoms with E-state index in [4.69, 9.17) is 22.3 Å². The topological polar surface area (TPSA) is 98.5 Å². The second-order valence-electron chi connectivity index (χ2n) is 11.3. The number of rotatable bonds is 14. The minimum absolute atomic E-state index is 0.187. The highest BCUT2D eigenvalue weighted by Gasteiger charge is 2.33. The Morgan fingerprint density at radius 1 is 0.911 bits per heavy atom. The van der Waals surface area contributed by atoms with Gasteiger partial charge in [0, 0.05) is 51.0 Å². The van der Waals surface area contributed by atoms with E-state index in [1.165, 1.54) is 28.3 Å². The van der Waals surface area contributed by atoms with Crippen molar-refractivity contribution in [2.45, 2.75) is 57.8 Å². The normalized spacial score (nSPS) is 16.4. The zero-order chi connectivity index (χ0) is 31.8. The summed E-state index contributed by atoms with van der Waals surface area (Å²) in [4.78, 5) is 49.0. The first kappa shape index (κ1) is 32.6. The zero-order valence-electron chi connectivity index (χ0n) is 25.2. The molecule has 12 heteroatoms. The number of unbranched alkanes of at least 4 members (excludes halogenated alkanes) is 7. The van der Waals surface area contributed by atoms with Crippen LogP contribution in [0.15, 0.2) is 58.4 Å². The summed E-state index contributed by atoms with van der Waals surface area (Å²) in [5.41, 5.74) is 1.59. The molecule has 0 spiro atoms. The summed E-state index contributed by atoms with van der Waals surface area (Å²) in [6.07, 6.45) is 11.3. The molecule has 1 N–H and O–H groups in total. The van der Waals surface area contributed by atoms with Crippen molar-refractivity contribution >= 4 is 63.4 Å². The number of piperazine rings is 1. The van der Waals surface area contributed by atoms with Gasteiger partial charge in [0.15, 0.2) is 0 Å². The first-order valence-corrected chi connectivity index (χ1v) is 16.8. The van der Waals surface area contributed by atoms with Gasteiger partial charge in [0.2, 0.25) is 0 Å². The summed E-state index contributed by atoms with van der Waals surface area (Å²) >= 11 is 6.79. The van der Waals surface area contributed by atoms with Crippen molar-refractivity contribution in [3.63, 3.8) is 0 Å². The number of amides is 1. The number of carbonyl (C=O) groups is 2. The maximum absolute atomic E-state index is 13.8. The molecule has 0 unspecified atom stereocenters. The van der Waals surface area contributed by atoms with Crippen molar-refractivity contribution in [1.29, 1.82) is 0 Å². The molecule has 2 aromatic heterocycles. The van der Waals surface area contributed by atoms with Crippen molar-refractivity contribution in [3.8, 4) is 0 Å². The van der Waals surface area contributed by atoms with Gasteiger partial charge in [0.05, 0.1) is 10.5 Å². The van der Waals surface area contributed by atoms with Crippen molar-refractivity contribution in [2.75, 3.05) is 42.5 Å². The molecule has 0 radical (unpaired) electrons. The fraction of sp³-hybridized carbons (Fsp3) is 0.424. The van der Waals surface area contributed by atoms with Crippen LogP contribution in [0.5, 0.6) is 0 Å². The molecule has 0 saturated carbocycles. The van der Waals surface area contributed by atoms with Crippen LogP contribution in [0.3, 0.4) is 0 Å². The van der Waals surface area contributed by atoms with Crippen LogP contribution in [-0.4, -0.2) is 68.3 Å². The molecule has 2 saturated heterocycles. The van der Waals surface area contributed by atoms with Gasteiger partial charge in [-0.2, -0.15) is 0 Å². The van der Waals surface area contributed by atoms with E-state index in [0.717, 1.165) is 57.1 Å². The minimum Gasteiger partial charge on any atom is -0.481 e. The number of thiocarbonyl (C=S) groups is 1. The third-order valence-electron chi connectivity index (χ3n) is 8.19. The number of aliphatic carboxylic acids is 1. The molecule has 1 amide bonds. The fourth-order valence-corrected chi connectivity index (χ4v) is 7.01. The standard InChI is InChI=1S/C33H38FN5O4S2/c34-24-13-15-25(16-14-24)36-19-21-37(22-20-36)30-26(31(42)38-17-10-8-11-28(38)35-30)23-27-32(43)39(33(44)45-27)18-9-6-4-2-1-3-5-7-12-29(40)41/h8,10-11,13-17,23H,1-7,9,12,18-22H2,(H,40,41)/b27-23+. The van der Waals surface area contributed by atoms with Crippen LogP contribution in [-0.2, 0) is 9.59 Å². The second-order valence-corrected chi connectivity index (χ2v) is 13.0. The summed E-state index contributed by atoms with van der Waals surface area (Å²) in [7, 11) is 0. The lowest BCUT2D eigenvalue weighted by atomic mass is 10.1. The first-order valence-electron chi connectivity index (χ1n) is 15.6. The number of pyridine rings is 1. The third kappa shape index (κ3) is 8.29. The van der Waals surface area contributed by atoms with E-state index in [2.05, 4.69) is 9.80 Å². The Balaban J connectivity index is 1.23. The molecule has 9 nitrogen and oxygen atoms in total. The zero-order valence-corrected chi connectivity index (χ0v) is 26.8. The Kier molecular flexibility index (Phi) is 11.2. The molecule has 3 aromatic rings. The number of hydrogen-bond acceptors (Lipinski definition) is 8. The largest absolute Gasteiger partial charge is 0.481 e. The highest BCUT2D eigenvalue weighted by atomic mass is 32.2. The number of nitrogens with zero attached hydrogens (tertiary/aromatic N) is 5. The van der Waals surface area contributed by atoms with Gasteiger partial charge >= 0.3 is 5.97 Å². The molecule has 2 aliphatic rings. The van der Waals surface area contributed by atoms with Crippen molar-refractivity contribution in [2.24, 2.45) is 0 Å². The predicted octanol–water partition coefficient (Wildman–Crippen LogP) is 5.96. The summed E-state index contributed by atoms with van der Waals surface area (Å²) < 4.78 is 15.4. The number of carbonyl (C=O) groups excluding carboxylic acids is 1. The van der Waals surface area contributed by atoms with Crippen molar-refractivity contribution in [3.05, 3.63) is 75.3 Å². The molecule has 2 aliphatic heterocycles. The second kappa shape index (κ2) is 15.5. The molecule has 0 bridgehead atoms. The lowest BCUT2D eigenvalue weighted by molar-refractivity contribution is -0.137. The van der Waals surface area contributed by atoms with Crippen LogP contribution in [0.1, 0.15) is 63.4 Å². The van der Waals surface area contributed by atoms with Gasteiger partial charge in [-0.3, -0.25) is 23.7 Å². The van der Waals surface area contributed by atoms with Crippen LogP contribution in [0, 0.1) is 5.82 Å². The summed E-state index contributed by atoms with van der Waals surface area (Å²) in [5.74, 6) is -0.654. The minimum atomic E-state index is -0.736. The lowest BCUT2D eigenvalue weighted by Gasteiger charge is -2.37. The molecular weight excluding hydrogens is 614 g/mol.